The summed E-state index contributed by atoms with van der Waals surface area (Å²) < 4.78 is 5.16. The summed E-state index contributed by atoms with van der Waals surface area (Å²) >= 11 is 0.938. The van der Waals surface area contributed by atoms with Crippen LogP contribution in [0.2, 0.25) is 0 Å². The van der Waals surface area contributed by atoms with E-state index in [2.05, 4.69) is 0 Å². The Bertz CT molecular complexity index is 662. The summed E-state index contributed by atoms with van der Waals surface area (Å²) in [4.78, 5) is 25.8. The van der Waals surface area contributed by atoms with Crippen molar-refractivity contribution < 1.29 is 14.0 Å². The molecule has 1 aliphatic rings. The fourth-order valence-corrected chi connectivity index (χ4v) is 2.72. The van der Waals surface area contributed by atoms with Gasteiger partial charge in [-0.1, -0.05) is 30.3 Å². The van der Waals surface area contributed by atoms with Gasteiger partial charge in [-0.2, -0.15) is 0 Å². The van der Waals surface area contributed by atoms with Gasteiger partial charge >= 0.3 is 0 Å². The van der Waals surface area contributed by atoms with Gasteiger partial charge in [0.2, 0.25) is 0 Å². The average molecular weight is 285 g/mol. The second kappa shape index (κ2) is 5.38. The highest BCUT2D eigenvalue weighted by molar-refractivity contribution is 8.18. The monoisotopic (exact) mass is 285 g/mol. The zero-order valence-electron chi connectivity index (χ0n) is 10.5. The van der Waals surface area contributed by atoms with Gasteiger partial charge in [0, 0.05) is 6.08 Å². The second-order valence-corrected chi connectivity index (χ2v) is 5.26. The maximum atomic E-state index is 12.2. The van der Waals surface area contributed by atoms with E-state index in [1.54, 1.807) is 18.2 Å². The summed E-state index contributed by atoms with van der Waals surface area (Å²) in [5.74, 6) is 0.287. The standard InChI is InChI=1S/C15H11NO3S/c17-14-13(9-12-7-4-8-19-12)20-15(18)16(14)10-11-5-2-1-3-6-11/h1-9H,10H2. The minimum Gasteiger partial charge on any atom is -0.465 e. The number of nitrogens with zero attached hydrogens (tertiary/aromatic N) is 1. The zero-order valence-corrected chi connectivity index (χ0v) is 11.3. The van der Waals surface area contributed by atoms with Crippen molar-refractivity contribution in [2.75, 3.05) is 0 Å². The van der Waals surface area contributed by atoms with Crippen molar-refractivity contribution in [3.05, 3.63) is 65.0 Å². The molecular formula is C15H11NO3S. The van der Waals surface area contributed by atoms with Gasteiger partial charge in [0.05, 0.1) is 17.7 Å². The lowest BCUT2D eigenvalue weighted by Crippen LogP contribution is -2.27. The van der Waals surface area contributed by atoms with Crippen LogP contribution in [-0.2, 0) is 11.3 Å². The molecule has 0 spiro atoms. The van der Waals surface area contributed by atoms with Crippen LogP contribution in [0.3, 0.4) is 0 Å². The largest absolute Gasteiger partial charge is 0.465 e. The molecule has 0 atom stereocenters. The van der Waals surface area contributed by atoms with Crippen molar-refractivity contribution in [2.45, 2.75) is 6.54 Å². The summed E-state index contributed by atoms with van der Waals surface area (Å²) in [6.07, 6.45) is 3.12. The lowest BCUT2D eigenvalue weighted by atomic mass is 10.2. The Morgan fingerprint density at radius 3 is 2.60 bits per heavy atom. The van der Waals surface area contributed by atoms with Crippen LogP contribution in [0.15, 0.2) is 58.1 Å². The molecule has 2 amide bonds. The molecule has 1 aliphatic heterocycles. The molecule has 1 aromatic heterocycles. The first-order valence-electron chi connectivity index (χ1n) is 6.07. The SMILES string of the molecule is O=C1SC(=Cc2ccco2)C(=O)N1Cc1ccccc1. The van der Waals surface area contributed by atoms with Gasteiger partial charge in [-0.3, -0.25) is 14.5 Å². The van der Waals surface area contributed by atoms with Crippen LogP contribution in [0, 0.1) is 0 Å². The molecule has 0 bridgehead atoms. The molecule has 0 radical (unpaired) electrons. The van der Waals surface area contributed by atoms with Crippen LogP contribution in [0.5, 0.6) is 0 Å². The van der Waals surface area contributed by atoms with Crippen molar-refractivity contribution in [3.8, 4) is 0 Å². The minimum absolute atomic E-state index is 0.253. The number of carbonyl (C=O) groups is 2. The van der Waals surface area contributed by atoms with E-state index in [1.807, 2.05) is 30.3 Å². The van der Waals surface area contributed by atoms with Gasteiger partial charge < -0.3 is 4.42 Å². The van der Waals surface area contributed by atoms with Crippen LogP contribution < -0.4 is 0 Å². The Labute approximate surface area is 120 Å². The number of hydrogen-bond acceptors (Lipinski definition) is 4. The van der Waals surface area contributed by atoms with E-state index in [9.17, 15) is 9.59 Å². The number of carbonyl (C=O) groups excluding carboxylic acids is 2. The molecule has 1 aromatic carbocycles. The lowest BCUT2D eigenvalue weighted by Gasteiger charge is -2.11. The van der Waals surface area contributed by atoms with Crippen molar-refractivity contribution in [1.29, 1.82) is 0 Å². The van der Waals surface area contributed by atoms with E-state index < -0.39 is 0 Å². The zero-order chi connectivity index (χ0) is 13.9. The number of benzene rings is 1. The Morgan fingerprint density at radius 2 is 1.90 bits per heavy atom. The highest BCUT2D eigenvalue weighted by atomic mass is 32.2. The molecule has 100 valence electrons. The number of hydrogen-bond donors (Lipinski definition) is 0. The van der Waals surface area contributed by atoms with Crippen molar-refractivity contribution in [3.63, 3.8) is 0 Å². The van der Waals surface area contributed by atoms with Gasteiger partial charge in [-0.15, -0.1) is 0 Å². The molecule has 1 fully saturated rings. The number of thioether (sulfide) groups is 1. The quantitative estimate of drug-likeness (QED) is 0.810. The molecule has 1 saturated heterocycles. The van der Waals surface area contributed by atoms with Crippen molar-refractivity contribution >= 4 is 29.0 Å². The number of imide groups is 1. The molecule has 20 heavy (non-hydrogen) atoms. The topological polar surface area (TPSA) is 50.5 Å². The van der Waals surface area contributed by atoms with Gasteiger partial charge in [-0.25, -0.2) is 0 Å². The number of amides is 2. The Kier molecular flexibility index (Phi) is 3.43. The number of furan rings is 1. The molecule has 0 unspecified atom stereocenters. The molecule has 2 aromatic rings. The molecule has 3 rings (SSSR count). The minimum atomic E-state index is -0.278. The fourth-order valence-electron chi connectivity index (χ4n) is 1.90. The van der Waals surface area contributed by atoms with Crippen LogP contribution >= 0.6 is 11.8 Å². The summed E-state index contributed by atoms with van der Waals surface area (Å²) in [7, 11) is 0. The average Bonchev–Trinajstić information content (AvgIpc) is 3.05. The van der Waals surface area contributed by atoms with Gasteiger partial charge in [-0.05, 0) is 29.5 Å². The second-order valence-electron chi connectivity index (χ2n) is 4.27. The van der Waals surface area contributed by atoms with Gasteiger partial charge in [0.15, 0.2) is 0 Å². The molecule has 0 N–H and O–H groups in total. The molecule has 2 heterocycles. The molecule has 5 heteroatoms. The maximum absolute atomic E-state index is 12.2. The van der Waals surface area contributed by atoms with E-state index in [4.69, 9.17) is 4.42 Å². The van der Waals surface area contributed by atoms with E-state index in [0.717, 1.165) is 17.3 Å². The fraction of sp³-hybridized carbons (Fsp3) is 0.0667. The van der Waals surface area contributed by atoms with E-state index in [0.29, 0.717) is 17.2 Å². The third-order valence-corrected chi connectivity index (χ3v) is 3.78. The van der Waals surface area contributed by atoms with Crippen LogP contribution in [0.1, 0.15) is 11.3 Å². The molecule has 0 saturated carbocycles. The first-order valence-corrected chi connectivity index (χ1v) is 6.88. The van der Waals surface area contributed by atoms with Crippen molar-refractivity contribution in [1.82, 2.24) is 4.90 Å². The first kappa shape index (κ1) is 12.7. The Morgan fingerprint density at radius 1 is 1.10 bits per heavy atom. The third-order valence-electron chi connectivity index (χ3n) is 2.87. The molecule has 4 nitrogen and oxygen atoms in total. The molecule has 0 aliphatic carbocycles. The van der Waals surface area contributed by atoms with E-state index in [1.165, 1.54) is 11.2 Å². The molecular weight excluding hydrogens is 274 g/mol. The lowest BCUT2D eigenvalue weighted by molar-refractivity contribution is -0.123. The van der Waals surface area contributed by atoms with Crippen molar-refractivity contribution in [2.24, 2.45) is 0 Å². The smallest absolute Gasteiger partial charge is 0.293 e. The highest BCUT2D eigenvalue weighted by Crippen LogP contribution is 2.33. The Hall–Kier alpha value is -2.27. The Balaban J connectivity index is 1.81. The summed E-state index contributed by atoms with van der Waals surface area (Å²) in [6, 6.07) is 12.9. The maximum Gasteiger partial charge on any atom is 0.293 e. The van der Waals surface area contributed by atoms with Crippen LogP contribution in [0.4, 0.5) is 4.79 Å². The van der Waals surface area contributed by atoms with Crippen LogP contribution in [0.25, 0.3) is 6.08 Å². The summed E-state index contributed by atoms with van der Waals surface area (Å²) in [5, 5.41) is -0.253. The van der Waals surface area contributed by atoms with Gasteiger partial charge in [0.25, 0.3) is 11.1 Å². The van der Waals surface area contributed by atoms with Crippen LogP contribution in [-0.4, -0.2) is 16.0 Å². The van der Waals surface area contributed by atoms with E-state index >= 15 is 0 Å². The van der Waals surface area contributed by atoms with E-state index in [-0.39, 0.29) is 11.1 Å². The summed E-state index contributed by atoms with van der Waals surface area (Å²) in [6.45, 7) is 0.293. The normalized spacial score (nSPS) is 17.2. The predicted molar refractivity (Wildman–Crippen MR) is 76.7 cm³/mol. The highest BCUT2D eigenvalue weighted by Gasteiger charge is 2.35. The summed E-state index contributed by atoms with van der Waals surface area (Å²) in [5.41, 5.74) is 0.925. The number of rotatable bonds is 3. The van der Waals surface area contributed by atoms with Gasteiger partial charge in [0.1, 0.15) is 5.76 Å². The predicted octanol–water partition coefficient (Wildman–Crippen LogP) is 3.52. The third kappa shape index (κ3) is 2.53. The first-order chi connectivity index (χ1) is 9.74.